The molecule has 1 atom stereocenters. The normalized spacial score (nSPS) is 13.0. The van der Waals surface area contributed by atoms with Crippen molar-refractivity contribution in [2.24, 2.45) is 0 Å². The Hall–Kier alpha value is -4.45. The molecule has 0 aliphatic heterocycles. The van der Waals surface area contributed by atoms with Crippen LogP contribution in [0, 0.1) is 0 Å². The molecule has 0 radical (unpaired) electrons. The van der Waals surface area contributed by atoms with E-state index in [9.17, 15) is 14.4 Å². The second kappa shape index (κ2) is 68.1. The molecule has 0 N–H and O–H groups in total. The number of esters is 3. The fourth-order valence-corrected chi connectivity index (χ4v) is 9.14. The minimum absolute atomic E-state index is 0.0902. The fourth-order valence-electron chi connectivity index (χ4n) is 9.14. The third-order valence-electron chi connectivity index (χ3n) is 14.1. The molecule has 0 aromatic rings. The van der Waals surface area contributed by atoms with Gasteiger partial charge >= 0.3 is 17.9 Å². The van der Waals surface area contributed by atoms with E-state index in [1.165, 1.54) is 116 Å². The van der Waals surface area contributed by atoms with Crippen molar-refractivity contribution in [1.82, 2.24) is 0 Å². The van der Waals surface area contributed by atoms with Gasteiger partial charge in [0.1, 0.15) is 13.2 Å². The van der Waals surface area contributed by atoms with Crippen LogP contribution in [0.3, 0.4) is 0 Å². The predicted octanol–water partition coefficient (Wildman–Crippen LogP) is 23.3. The lowest BCUT2D eigenvalue weighted by molar-refractivity contribution is -0.167. The standard InChI is InChI=1S/C75H124O6/c1-4-7-10-13-16-19-22-25-28-30-32-34-36-37-39-40-42-44-47-50-53-56-59-62-65-68-74(77)80-71-72(70-79-73(76)67-64-61-58-55-52-49-46-27-24-21-18-15-12-9-6-3)81-75(78)69-66-63-60-57-54-51-48-45-43-41-38-35-33-31-29-26-23-20-17-14-11-8-5-2/h7-8,10-11,16-21,25-29,32-35,37,39,46,72H,4-6,9,12-15,22-24,30-31,36,38,40-45,47-71H2,1-3H3/b10-7-,11-8-,19-16-,20-17-,21-18-,28-25-,29-26-,34-32-,35-33-,39-37-,46-27-. The third-order valence-corrected chi connectivity index (χ3v) is 14.1. The maximum absolute atomic E-state index is 13.0. The molecule has 0 aliphatic carbocycles. The van der Waals surface area contributed by atoms with Crippen LogP contribution in [-0.4, -0.2) is 37.2 Å². The van der Waals surface area contributed by atoms with E-state index in [0.717, 1.165) is 148 Å². The van der Waals surface area contributed by atoms with Crippen molar-refractivity contribution in [2.45, 2.75) is 309 Å². The summed E-state index contributed by atoms with van der Waals surface area (Å²) in [4.78, 5) is 38.4. The molecule has 0 saturated heterocycles. The first-order chi connectivity index (χ1) is 40.0. The zero-order valence-electron chi connectivity index (χ0n) is 52.8. The topological polar surface area (TPSA) is 78.9 Å². The van der Waals surface area contributed by atoms with Crippen LogP contribution in [-0.2, 0) is 28.6 Å². The van der Waals surface area contributed by atoms with Crippen molar-refractivity contribution in [1.29, 1.82) is 0 Å². The van der Waals surface area contributed by atoms with Crippen LogP contribution in [0.25, 0.3) is 0 Å². The number of carbonyl (C=O) groups is 3. The van der Waals surface area contributed by atoms with E-state index in [-0.39, 0.29) is 31.1 Å². The number of hydrogen-bond donors (Lipinski definition) is 0. The van der Waals surface area contributed by atoms with Crippen LogP contribution in [0.5, 0.6) is 0 Å². The molecule has 0 amide bonds. The van der Waals surface area contributed by atoms with Crippen LogP contribution < -0.4 is 0 Å². The predicted molar refractivity (Wildman–Crippen MR) is 353 cm³/mol. The Morgan fingerprint density at radius 2 is 0.481 bits per heavy atom. The minimum atomic E-state index is -0.795. The fraction of sp³-hybridized carbons (Fsp3) is 0.667. The molecule has 0 fully saturated rings. The quantitative estimate of drug-likeness (QED) is 0.0261. The first-order valence-corrected chi connectivity index (χ1v) is 33.7. The first kappa shape index (κ1) is 76.5. The number of ether oxygens (including phenoxy) is 3. The Kier molecular flexibility index (Phi) is 64.3. The molecule has 0 aromatic carbocycles. The van der Waals surface area contributed by atoms with E-state index in [2.05, 4.69) is 154 Å². The number of unbranched alkanes of at least 4 members (excludes halogenated alkanes) is 27. The SMILES string of the molecule is CC/C=C\C/C=C\C/C=C\C/C=C\C/C=C\CCCCCCCCCCCC(=O)OCC(COC(=O)CCCCCCC/C=C\C/C=C\CCCCC)OC(=O)CCCCCCCCCCCC/C=C\C/C=C\C/C=C\C/C=C\CC. The first-order valence-electron chi connectivity index (χ1n) is 33.7. The van der Waals surface area contributed by atoms with Crippen molar-refractivity contribution >= 4 is 17.9 Å². The number of hydrogen-bond acceptors (Lipinski definition) is 6. The molecule has 81 heavy (non-hydrogen) atoms. The van der Waals surface area contributed by atoms with Gasteiger partial charge in [-0.25, -0.2) is 0 Å². The lowest BCUT2D eigenvalue weighted by Gasteiger charge is -2.18. The van der Waals surface area contributed by atoms with Gasteiger partial charge in [-0.1, -0.05) is 283 Å². The van der Waals surface area contributed by atoms with Crippen molar-refractivity contribution in [3.05, 3.63) is 134 Å². The van der Waals surface area contributed by atoms with Crippen molar-refractivity contribution in [3.8, 4) is 0 Å². The lowest BCUT2D eigenvalue weighted by Crippen LogP contribution is -2.30. The van der Waals surface area contributed by atoms with Crippen LogP contribution >= 0.6 is 0 Å². The van der Waals surface area contributed by atoms with E-state index < -0.39 is 6.10 Å². The van der Waals surface area contributed by atoms with Crippen molar-refractivity contribution in [2.75, 3.05) is 13.2 Å². The van der Waals surface area contributed by atoms with E-state index in [0.29, 0.717) is 19.3 Å². The van der Waals surface area contributed by atoms with Gasteiger partial charge in [-0.05, 0) is 135 Å². The summed E-state index contributed by atoms with van der Waals surface area (Å²) in [5.41, 5.74) is 0. The molecule has 0 rings (SSSR count). The van der Waals surface area contributed by atoms with Gasteiger partial charge in [-0.3, -0.25) is 14.4 Å². The van der Waals surface area contributed by atoms with Gasteiger partial charge < -0.3 is 14.2 Å². The molecule has 6 heteroatoms. The second-order valence-corrected chi connectivity index (χ2v) is 22.0. The average molecular weight is 1120 g/mol. The van der Waals surface area contributed by atoms with Gasteiger partial charge in [0.2, 0.25) is 0 Å². The summed E-state index contributed by atoms with van der Waals surface area (Å²) in [6, 6.07) is 0. The molecular formula is C75H124O6. The van der Waals surface area contributed by atoms with Gasteiger partial charge in [0.15, 0.2) is 6.10 Å². The molecule has 0 saturated carbocycles. The smallest absolute Gasteiger partial charge is 0.306 e. The Morgan fingerprint density at radius 1 is 0.259 bits per heavy atom. The van der Waals surface area contributed by atoms with Crippen LogP contribution in [0.15, 0.2) is 134 Å². The highest BCUT2D eigenvalue weighted by Crippen LogP contribution is 2.16. The molecule has 0 aliphatic rings. The van der Waals surface area contributed by atoms with Crippen LogP contribution in [0.2, 0.25) is 0 Å². The Bertz CT molecular complexity index is 1720. The molecule has 0 spiro atoms. The summed E-state index contributed by atoms with van der Waals surface area (Å²) in [7, 11) is 0. The van der Waals surface area contributed by atoms with Crippen LogP contribution in [0.4, 0.5) is 0 Å². The largest absolute Gasteiger partial charge is 0.462 e. The summed E-state index contributed by atoms with van der Waals surface area (Å²) in [5, 5.41) is 0. The van der Waals surface area contributed by atoms with E-state index in [1.54, 1.807) is 0 Å². The van der Waals surface area contributed by atoms with Crippen LogP contribution in [0.1, 0.15) is 303 Å². The number of allylic oxidation sites excluding steroid dienone is 22. The monoisotopic (exact) mass is 1120 g/mol. The molecular weight excluding hydrogens is 997 g/mol. The Balaban J connectivity index is 4.39. The van der Waals surface area contributed by atoms with Crippen molar-refractivity contribution < 1.29 is 28.6 Å². The average Bonchev–Trinajstić information content (AvgIpc) is 3.47. The molecule has 0 heterocycles. The molecule has 460 valence electrons. The summed E-state index contributed by atoms with van der Waals surface area (Å²) in [5.74, 6) is -0.908. The van der Waals surface area contributed by atoms with Gasteiger partial charge in [0, 0.05) is 19.3 Å². The highest BCUT2D eigenvalue weighted by Gasteiger charge is 2.19. The maximum atomic E-state index is 13.0. The van der Waals surface area contributed by atoms with Gasteiger partial charge in [0.05, 0.1) is 0 Å². The number of carbonyl (C=O) groups excluding carboxylic acids is 3. The van der Waals surface area contributed by atoms with E-state index in [4.69, 9.17) is 14.2 Å². The lowest BCUT2D eigenvalue weighted by atomic mass is 10.0. The highest BCUT2D eigenvalue weighted by molar-refractivity contribution is 5.71. The molecule has 1 unspecified atom stereocenters. The van der Waals surface area contributed by atoms with Gasteiger partial charge in [-0.15, -0.1) is 0 Å². The van der Waals surface area contributed by atoms with Crippen molar-refractivity contribution in [3.63, 3.8) is 0 Å². The van der Waals surface area contributed by atoms with Gasteiger partial charge in [-0.2, -0.15) is 0 Å². The van der Waals surface area contributed by atoms with Gasteiger partial charge in [0.25, 0.3) is 0 Å². The summed E-state index contributed by atoms with van der Waals surface area (Å²) in [6.07, 6.45) is 96.0. The Morgan fingerprint density at radius 3 is 0.753 bits per heavy atom. The minimum Gasteiger partial charge on any atom is -0.462 e. The summed E-state index contributed by atoms with van der Waals surface area (Å²) >= 11 is 0. The van der Waals surface area contributed by atoms with E-state index >= 15 is 0 Å². The number of rotatable bonds is 60. The second-order valence-electron chi connectivity index (χ2n) is 22.0. The summed E-state index contributed by atoms with van der Waals surface area (Å²) < 4.78 is 17.0. The maximum Gasteiger partial charge on any atom is 0.306 e. The Labute approximate surface area is 500 Å². The molecule has 6 nitrogen and oxygen atoms in total. The third kappa shape index (κ3) is 66.2. The summed E-state index contributed by atoms with van der Waals surface area (Å²) in [6.45, 7) is 6.39. The molecule has 0 aromatic heterocycles. The zero-order valence-corrected chi connectivity index (χ0v) is 52.8. The zero-order chi connectivity index (χ0) is 58.5. The highest BCUT2D eigenvalue weighted by atomic mass is 16.6. The molecule has 0 bridgehead atoms. The van der Waals surface area contributed by atoms with E-state index in [1.807, 2.05) is 0 Å².